The summed E-state index contributed by atoms with van der Waals surface area (Å²) in [5.41, 5.74) is 0.681. The van der Waals surface area contributed by atoms with Crippen LogP contribution in [0.5, 0.6) is 5.75 Å². The molecule has 0 unspecified atom stereocenters. The van der Waals surface area contributed by atoms with Crippen LogP contribution in [0.25, 0.3) is 21.9 Å². The number of aryl methyl sites for hydroxylation is 1. The Morgan fingerprint density at radius 1 is 1.41 bits per heavy atom. The number of rotatable bonds is 2. The van der Waals surface area contributed by atoms with Crippen LogP contribution in [0.15, 0.2) is 32.0 Å². The van der Waals surface area contributed by atoms with Crippen LogP contribution in [0.2, 0.25) is 0 Å². The minimum atomic E-state index is -0.322. The smallest absolute Gasteiger partial charge is 0.196 e. The minimum absolute atomic E-state index is 0.0984. The van der Waals surface area contributed by atoms with Crippen LogP contribution in [0.3, 0.4) is 0 Å². The van der Waals surface area contributed by atoms with E-state index < -0.39 is 0 Å². The number of phenolic OH excluding ortho intramolecular Hbond substituents is 1. The lowest BCUT2D eigenvalue weighted by molar-refractivity contribution is 0.484. The zero-order chi connectivity index (χ0) is 15.9. The number of thiocarbonyl (C=S) groups is 1. The molecule has 114 valence electrons. The van der Waals surface area contributed by atoms with Crippen molar-refractivity contribution < 1.29 is 13.9 Å². The molecule has 3 rings (SSSR count). The van der Waals surface area contributed by atoms with E-state index in [4.69, 9.17) is 21.1 Å². The first-order valence-corrected chi connectivity index (χ1v) is 7.15. The normalized spacial score (nSPS) is 11.0. The van der Waals surface area contributed by atoms with Gasteiger partial charge in [0.25, 0.3) is 0 Å². The van der Waals surface area contributed by atoms with Crippen LogP contribution in [0, 0.1) is 6.92 Å². The highest BCUT2D eigenvalue weighted by Gasteiger charge is 2.21. The Morgan fingerprint density at radius 2 is 2.18 bits per heavy atom. The Morgan fingerprint density at radius 3 is 2.91 bits per heavy atom. The van der Waals surface area contributed by atoms with Gasteiger partial charge in [-0.3, -0.25) is 4.79 Å². The topological polar surface area (TPSA) is 87.6 Å². The number of anilines is 1. The summed E-state index contributed by atoms with van der Waals surface area (Å²) < 4.78 is 11.1. The van der Waals surface area contributed by atoms with E-state index in [0.717, 1.165) is 0 Å². The number of phenols is 1. The van der Waals surface area contributed by atoms with Crippen LogP contribution in [-0.2, 0) is 0 Å². The lowest BCUT2D eigenvalue weighted by atomic mass is 10.1. The molecule has 0 atom stereocenters. The number of fused-ring (bicyclic) bond motifs is 2. The average molecular weight is 318 g/mol. The van der Waals surface area contributed by atoms with Crippen LogP contribution in [-0.4, -0.2) is 16.8 Å². The second-order valence-electron chi connectivity index (χ2n) is 4.80. The summed E-state index contributed by atoms with van der Waals surface area (Å²) in [5, 5.41) is 17.2. The highest BCUT2D eigenvalue weighted by atomic mass is 32.1. The summed E-state index contributed by atoms with van der Waals surface area (Å²) in [6, 6.07) is 2.92. The van der Waals surface area contributed by atoms with Crippen molar-refractivity contribution in [2.45, 2.75) is 13.8 Å². The second-order valence-corrected chi connectivity index (χ2v) is 5.21. The van der Waals surface area contributed by atoms with Crippen molar-refractivity contribution in [1.82, 2.24) is 5.32 Å². The molecule has 2 aromatic heterocycles. The van der Waals surface area contributed by atoms with Gasteiger partial charge in [0.2, 0.25) is 0 Å². The van der Waals surface area contributed by atoms with Crippen molar-refractivity contribution in [2.24, 2.45) is 0 Å². The van der Waals surface area contributed by atoms with Crippen molar-refractivity contribution >= 4 is 45.0 Å². The Kier molecular flexibility index (Phi) is 3.50. The molecule has 0 saturated heterocycles. The molecule has 1 aromatic carbocycles. The molecule has 6 nitrogen and oxygen atoms in total. The van der Waals surface area contributed by atoms with Crippen LogP contribution < -0.4 is 16.1 Å². The van der Waals surface area contributed by atoms with Gasteiger partial charge in [0.15, 0.2) is 21.7 Å². The number of aromatic hydroxyl groups is 1. The van der Waals surface area contributed by atoms with Crippen LogP contribution >= 0.6 is 12.2 Å². The third-order valence-corrected chi connectivity index (χ3v) is 3.50. The van der Waals surface area contributed by atoms with E-state index in [1.165, 1.54) is 12.3 Å². The number of hydrogen-bond acceptors (Lipinski definition) is 5. The maximum absolute atomic E-state index is 12.2. The number of furan rings is 1. The molecule has 0 aliphatic rings. The number of benzene rings is 1. The molecule has 0 radical (unpaired) electrons. The van der Waals surface area contributed by atoms with Crippen molar-refractivity contribution in [2.75, 3.05) is 11.9 Å². The molecule has 0 spiro atoms. The fraction of sp³-hybridized carbons (Fsp3) is 0.200. The monoisotopic (exact) mass is 318 g/mol. The third-order valence-electron chi connectivity index (χ3n) is 3.26. The zero-order valence-electron chi connectivity index (χ0n) is 12.0. The first kappa shape index (κ1) is 14.4. The molecule has 3 N–H and O–H groups in total. The molecule has 0 aliphatic carbocycles. The summed E-state index contributed by atoms with van der Waals surface area (Å²) in [5.74, 6) is 0.271. The van der Waals surface area contributed by atoms with Crippen molar-refractivity contribution in [3.8, 4) is 5.75 Å². The van der Waals surface area contributed by atoms with Gasteiger partial charge in [0.1, 0.15) is 22.6 Å². The fourth-order valence-corrected chi connectivity index (χ4v) is 2.62. The Labute approximate surface area is 130 Å². The lowest BCUT2D eigenvalue weighted by Gasteiger charge is -2.12. The van der Waals surface area contributed by atoms with E-state index in [1.807, 2.05) is 6.92 Å². The van der Waals surface area contributed by atoms with Gasteiger partial charge >= 0.3 is 0 Å². The van der Waals surface area contributed by atoms with E-state index in [0.29, 0.717) is 34.1 Å². The molecule has 2 heterocycles. The van der Waals surface area contributed by atoms with E-state index in [-0.39, 0.29) is 22.1 Å². The van der Waals surface area contributed by atoms with Gasteiger partial charge in [-0.05, 0) is 32.1 Å². The van der Waals surface area contributed by atoms with Gasteiger partial charge in [-0.2, -0.15) is 0 Å². The minimum Gasteiger partial charge on any atom is -0.506 e. The first-order valence-electron chi connectivity index (χ1n) is 6.74. The fourth-order valence-electron chi connectivity index (χ4n) is 2.37. The highest BCUT2D eigenvalue weighted by molar-refractivity contribution is 7.80. The highest BCUT2D eigenvalue weighted by Crippen LogP contribution is 2.40. The summed E-state index contributed by atoms with van der Waals surface area (Å²) in [6.07, 6.45) is 1.43. The molecule has 0 saturated carbocycles. The molecule has 0 fully saturated rings. The lowest BCUT2D eigenvalue weighted by Crippen LogP contribution is -2.28. The quantitative estimate of drug-likeness (QED) is 0.494. The van der Waals surface area contributed by atoms with Crippen molar-refractivity contribution in [3.05, 3.63) is 34.4 Å². The summed E-state index contributed by atoms with van der Waals surface area (Å²) in [6.45, 7) is 4.22. The zero-order valence-corrected chi connectivity index (χ0v) is 12.8. The van der Waals surface area contributed by atoms with E-state index >= 15 is 0 Å². The van der Waals surface area contributed by atoms with Gasteiger partial charge in [-0.1, -0.05) is 0 Å². The van der Waals surface area contributed by atoms with E-state index in [2.05, 4.69) is 10.6 Å². The predicted octanol–water partition coefficient (Wildman–Crippen LogP) is 2.86. The first-order chi connectivity index (χ1) is 10.5. The van der Waals surface area contributed by atoms with Gasteiger partial charge in [0, 0.05) is 12.6 Å². The predicted molar refractivity (Wildman–Crippen MR) is 88.6 cm³/mol. The third kappa shape index (κ3) is 2.19. The van der Waals surface area contributed by atoms with Gasteiger partial charge in [-0.25, -0.2) is 0 Å². The van der Waals surface area contributed by atoms with Gasteiger partial charge in [-0.15, -0.1) is 0 Å². The summed E-state index contributed by atoms with van der Waals surface area (Å²) >= 11 is 5.19. The van der Waals surface area contributed by atoms with Crippen molar-refractivity contribution in [3.63, 3.8) is 0 Å². The van der Waals surface area contributed by atoms with Crippen molar-refractivity contribution in [1.29, 1.82) is 0 Å². The van der Waals surface area contributed by atoms with Gasteiger partial charge in [0.05, 0.1) is 11.6 Å². The Bertz CT molecular complexity index is 942. The molecule has 0 amide bonds. The SMILES string of the molecule is CCNC(=S)Nc1c2occc2c(O)c2c(=O)cc(C)oc12. The Balaban J connectivity index is 2.39. The molecule has 7 heteroatoms. The summed E-state index contributed by atoms with van der Waals surface area (Å²) in [7, 11) is 0. The average Bonchev–Trinajstić information content (AvgIpc) is 2.92. The molecule has 0 aliphatic heterocycles. The molecule has 3 aromatic rings. The van der Waals surface area contributed by atoms with Crippen LogP contribution in [0.1, 0.15) is 12.7 Å². The van der Waals surface area contributed by atoms with Crippen LogP contribution in [0.4, 0.5) is 5.69 Å². The molecule has 22 heavy (non-hydrogen) atoms. The molecular weight excluding hydrogens is 304 g/mol. The maximum Gasteiger partial charge on any atom is 0.196 e. The number of nitrogens with one attached hydrogen (secondary N) is 2. The van der Waals surface area contributed by atoms with Gasteiger partial charge < -0.3 is 24.6 Å². The number of hydrogen-bond donors (Lipinski definition) is 3. The second kappa shape index (κ2) is 5.34. The largest absolute Gasteiger partial charge is 0.506 e. The Hall–Kier alpha value is -2.54. The molecule has 0 bridgehead atoms. The standard InChI is InChI=1S/C15H14N2O4S/c1-3-16-15(22)17-11-13-8(4-5-20-13)12(19)10-9(18)6-7(2)21-14(10)11/h4-6,19H,3H2,1-2H3,(H2,16,17,22). The van der Waals surface area contributed by atoms with E-state index in [1.54, 1.807) is 13.0 Å². The summed E-state index contributed by atoms with van der Waals surface area (Å²) in [4.78, 5) is 12.2. The van der Waals surface area contributed by atoms with E-state index in [9.17, 15) is 9.90 Å². The maximum atomic E-state index is 12.2. The molecular formula is C15H14N2O4S.